The highest BCUT2D eigenvalue weighted by Gasteiger charge is 2.33. The van der Waals surface area contributed by atoms with Crippen molar-refractivity contribution < 1.29 is 13.2 Å². The standard InChI is InChI=1S/C15H17F3N4S/c1-8(2)10-4-5-20-11(6-10)9(3)23-14-21-12(15(16,17)18)7-13(19)22-14/h4-9H,1-3H3,(H2,19,21,22). The molecule has 2 aromatic heterocycles. The van der Waals surface area contributed by atoms with Crippen molar-refractivity contribution in [2.75, 3.05) is 5.73 Å². The van der Waals surface area contributed by atoms with Gasteiger partial charge in [-0.25, -0.2) is 9.97 Å². The lowest BCUT2D eigenvalue weighted by Crippen LogP contribution is -2.11. The normalized spacial score (nSPS) is 13.3. The van der Waals surface area contributed by atoms with Crippen molar-refractivity contribution in [1.29, 1.82) is 0 Å². The molecule has 0 saturated heterocycles. The highest BCUT2D eigenvalue weighted by molar-refractivity contribution is 7.99. The van der Waals surface area contributed by atoms with Crippen molar-refractivity contribution in [2.24, 2.45) is 0 Å². The minimum absolute atomic E-state index is 0.0124. The fraction of sp³-hybridized carbons (Fsp3) is 0.400. The Morgan fingerprint density at radius 3 is 2.43 bits per heavy atom. The maximum Gasteiger partial charge on any atom is 0.433 e. The molecule has 1 atom stereocenters. The van der Waals surface area contributed by atoms with E-state index in [2.05, 4.69) is 28.8 Å². The first-order valence-corrected chi connectivity index (χ1v) is 7.89. The summed E-state index contributed by atoms with van der Waals surface area (Å²) in [6.45, 7) is 5.97. The summed E-state index contributed by atoms with van der Waals surface area (Å²) in [5.74, 6) is 0.139. The van der Waals surface area contributed by atoms with Crippen LogP contribution < -0.4 is 5.73 Å². The average Bonchev–Trinajstić information content (AvgIpc) is 2.45. The third kappa shape index (κ3) is 4.57. The van der Waals surface area contributed by atoms with Gasteiger partial charge < -0.3 is 5.73 Å². The number of nitrogen functional groups attached to an aromatic ring is 1. The van der Waals surface area contributed by atoms with E-state index < -0.39 is 11.9 Å². The van der Waals surface area contributed by atoms with E-state index in [4.69, 9.17) is 5.73 Å². The van der Waals surface area contributed by atoms with Crippen molar-refractivity contribution in [3.63, 3.8) is 0 Å². The summed E-state index contributed by atoms with van der Waals surface area (Å²) in [6, 6.07) is 4.59. The molecule has 0 bridgehead atoms. The Hall–Kier alpha value is -1.83. The molecular formula is C15H17F3N4S. The van der Waals surface area contributed by atoms with Gasteiger partial charge >= 0.3 is 6.18 Å². The highest BCUT2D eigenvalue weighted by atomic mass is 32.2. The monoisotopic (exact) mass is 342 g/mol. The Morgan fingerprint density at radius 1 is 1.13 bits per heavy atom. The molecule has 0 saturated carbocycles. The summed E-state index contributed by atoms with van der Waals surface area (Å²) in [5, 5.41) is -0.210. The zero-order valence-electron chi connectivity index (χ0n) is 12.9. The molecular weight excluding hydrogens is 325 g/mol. The zero-order valence-corrected chi connectivity index (χ0v) is 13.7. The minimum atomic E-state index is -4.55. The Labute approximate surface area is 136 Å². The average molecular weight is 342 g/mol. The van der Waals surface area contributed by atoms with Gasteiger partial charge in [0, 0.05) is 12.3 Å². The van der Waals surface area contributed by atoms with Crippen molar-refractivity contribution in [2.45, 2.75) is 43.3 Å². The van der Waals surface area contributed by atoms with Crippen molar-refractivity contribution in [1.82, 2.24) is 15.0 Å². The molecule has 0 aromatic carbocycles. The molecule has 0 amide bonds. The molecule has 23 heavy (non-hydrogen) atoms. The van der Waals surface area contributed by atoms with Crippen LogP contribution >= 0.6 is 11.8 Å². The van der Waals surface area contributed by atoms with E-state index in [9.17, 15) is 13.2 Å². The van der Waals surface area contributed by atoms with Gasteiger partial charge in [0.05, 0.1) is 10.9 Å². The van der Waals surface area contributed by atoms with Gasteiger partial charge in [-0.3, -0.25) is 4.98 Å². The fourth-order valence-electron chi connectivity index (χ4n) is 1.91. The maximum atomic E-state index is 12.8. The number of hydrogen-bond acceptors (Lipinski definition) is 5. The van der Waals surface area contributed by atoms with Crippen LogP contribution in [0.1, 0.15) is 48.9 Å². The van der Waals surface area contributed by atoms with E-state index in [0.717, 1.165) is 29.1 Å². The van der Waals surface area contributed by atoms with Crippen LogP contribution in [0.3, 0.4) is 0 Å². The first kappa shape index (κ1) is 17.5. The second-order valence-electron chi connectivity index (χ2n) is 5.39. The molecule has 4 nitrogen and oxygen atoms in total. The van der Waals surface area contributed by atoms with Crippen molar-refractivity contribution in [3.8, 4) is 0 Å². The SMILES string of the molecule is CC(C)c1ccnc(C(C)Sc2nc(N)cc(C(F)(F)F)n2)c1. The number of aromatic nitrogens is 3. The number of rotatable bonds is 4. The molecule has 2 heterocycles. The third-order valence-electron chi connectivity index (χ3n) is 3.19. The van der Waals surface area contributed by atoms with Crippen LogP contribution in [0.15, 0.2) is 29.6 Å². The van der Waals surface area contributed by atoms with Crippen molar-refractivity contribution in [3.05, 3.63) is 41.3 Å². The van der Waals surface area contributed by atoms with Crippen LogP contribution in [0.4, 0.5) is 19.0 Å². The molecule has 0 radical (unpaired) electrons. The van der Waals surface area contributed by atoms with E-state index in [-0.39, 0.29) is 16.2 Å². The molecule has 124 valence electrons. The van der Waals surface area contributed by atoms with Gasteiger partial charge in [-0.05, 0) is 30.5 Å². The molecule has 8 heteroatoms. The third-order valence-corrected chi connectivity index (χ3v) is 4.17. The molecule has 0 aliphatic heterocycles. The number of nitrogens with zero attached hydrogens (tertiary/aromatic N) is 3. The summed E-state index contributed by atoms with van der Waals surface area (Å²) in [4.78, 5) is 11.7. The van der Waals surface area contributed by atoms with Crippen LogP contribution in [-0.4, -0.2) is 15.0 Å². The lowest BCUT2D eigenvalue weighted by molar-refractivity contribution is -0.141. The van der Waals surface area contributed by atoms with Gasteiger partial charge in [-0.1, -0.05) is 25.6 Å². The number of alkyl halides is 3. The molecule has 0 aliphatic carbocycles. The topological polar surface area (TPSA) is 64.7 Å². The van der Waals surface area contributed by atoms with E-state index in [1.807, 2.05) is 19.1 Å². The van der Waals surface area contributed by atoms with E-state index >= 15 is 0 Å². The van der Waals surface area contributed by atoms with Gasteiger partial charge in [-0.15, -0.1) is 0 Å². The molecule has 1 unspecified atom stereocenters. The Kier molecular flexibility index (Phi) is 5.13. The van der Waals surface area contributed by atoms with Crippen molar-refractivity contribution >= 4 is 17.6 Å². The summed E-state index contributed by atoms with van der Waals surface area (Å²) in [5.41, 5.74) is 6.30. The molecule has 2 N–H and O–H groups in total. The van der Waals surface area contributed by atoms with Gasteiger partial charge in [0.1, 0.15) is 5.82 Å². The molecule has 0 aliphatic rings. The zero-order chi connectivity index (χ0) is 17.2. The predicted molar refractivity (Wildman–Crippen MR) is 84.0 cm³/mol. The van der Waals surface area contributed by atoms with Crippen LogP contribution in [0.25, 0.3) is 0 Å². The molecule has 2 aromatic rings. The van der Waals surface area contributed by atoms with Crippen LogP contribution in [-0.2, 0) is 6.18 Å². The molecule has 2 rings (SSSR count). The molecule has 0 spiro atoms. The summed E-state index contributed by atoms with van der Waals surface area (Å²) < 4.78 is 38.3. The van der Waals surface area contributed by atoms with Gasteiger partial charge in [0.25, 0.3) is 0 Å². The quantitative estimate of drug-likeness (QED) is 0.657. The van der Waals surface area contributed by atoms with Gasteiger partial charge in [0.2, 0.25) is 0 Å². The Morgan fingerprint density at radius 2 is 1.83 bits per heavy atom. The largest absolute Gasteiger partial charge is 0.433 e. The second-order valence-corrected chi connectivity index (χ2v) is 6.70. The number of thioether (sulfide) groups is 1. The van der Waals surface area contributed by atoms with Crippen LogP contribution in [0.5, 0.6) is 0 Å². The highest BCUT2D eigenvalue weighted by Crippen LogP contribution is 2.35. The van der Waals surface area contributed by atoms with Crippen LogP contribution in [0, 0.1) is 0 Å². The minimum Gasteiger partial charge on any atom is -0.384 e. The number of nitrogens with two attached hydrogens (primary N) is 1. The van der Waals surface area contributed by atoms with E-state index in [1.165, 1.54) is 0 Å². The van der Waals surface area contributed by atoms with Gasteiger partial charge in [0.15, 0.2) is 10.9 Å². The fourth-order valence-corrected chi connectivity index (χ4v) is 2.78. The summed E-state index contributed by atoms with van der Waals surface area (Å²) >= 11 is 1.10. The first-order chi connectivity index (χ1) is 10.7. The second kappa shape index (κ2) is 6.74. The smallest absolute Gasteiger partial charge is 0.384 e. The number of pyridine rings is 1. The number of hydrogen-bond donors (Lipinski definition) is 1. The Bertz CT molecular complexity index is 689. The Balaban J connectivity index is 2.25. The van der Waals surface area contributed by atoms with E-state index in [1.54, 1.807) is 6.20 Å². The summed E-state index contributed by atoms with van der Waals surface area (Å²) in [7, 11) is 0. The lowest BCUT2D eigenvalue weighted by atomic mass is 10.0. The maximum absolute atomic E-state index is 12.8. The summed E-state index contributed by atoms with van der Waals surface area (Å²) in [6.07, 6.45) is -2.85. The van der Waals surface area contributed by atoms with Crippen LogP contribution in [0.2, 0.25) is 0 Å². The number of anilines is 1. The first-order valence-electron chi connectivity index (χ1n) is 7.01. The van der Waals surface area contributed by atoms with E-state index in [0.29, 0.717) is 5.92 Å². The lowest BCUT2D eigenvalue weighted by Gasteiger charge is -2.13. The predicted octanol–water partition coefficient (Wildman–Crippen LogP) is 4.45. The van der Waals surface area contributed by atoms with Gasteiger partial charge in [-0.2, -0.15) is 13.2 Å². The number of halogens is 3. The molecule has 0 fully saturated rings.